The first kappa shape index (κ1) is 17.3. The molecule has 0 saturated heterocycles. The number of carbonyl (C=O) groups is 1. The van der Waals surface area contributed by atoms with Crippen LogP contribution in [0.2, 0.25) is 0 Å². The first-order chi connectivity index (χ1) is 11.8. The number of hydrogen-bond acceptors (Lipinski definition) is 2. The number of ether oxygens (including phenoxy) is 1. The number of pyridine rings is 1. The molecule has 0 atom stereocenters. The molecule has 0 aliphatic carbocycles. The van der Waals surface area contributed by atoms with E-state index < -0.39 is 0 Å². The Hall–Kier alpha value is -2.55. The molecule has 2 heterocycles. The van der Waals surface area contributed by atoms with Crippen molar-refractivity contribution in [3.8, 4) is 16.9 Å². The molecule has 130 valence electrons. The van der Waals surface area contributed by atoms with Crippen LogP contribution in [0, 0.1) is 6.92 Å². The van der Waals surface area contributed by atoms with E-state index in [0.717, 1.165) is 28.7 Å². The molecule has 3 rings (SSSR count). The molecule has 1 aromatic carbocycles. The van der Waals surface area contributed by atoms with Crippen molar-refractivity contribution in [2.24, 2.45) is 0 Å². The van der Waals surface area contributed by atoms with E-state index in [1.807, 2.05) is 29.7 Å². The van der Waals surface area contributed by atoms with Gasteiger partial charge >= 0.3 is 0 Å². The SMILES string of the molecule is CCOc1ccc(C(C)(C)C)cc1-c1cc2cc(C)ccn2c1C=O. The van der Waals surface area contributed by atoms with Crippen LogP contribution < -0.4 is 4.74 Å². The second-order valence-electron chi connectivity index (χ2n) is 7.45. The molecule has 0 amide bonds. The van der Waals surface area contributed by atoms with E-state index in [0.29, 0.717) is 12.3 Å². The molecule has 0 unspecified atom stereocenters. The summed E-state index contributed by atoms with van der Waals surface area (Å²) >= 11 is 0. The van der Waals surface area contributed by atoms with Crippen LogP contribution in [-0.2, 0) is 5.41 Å². The molecule has 0 N–H and O–H groups in total. The average molecular weight is 335 g/mol. The van der Waals surface area contributed by atoms with Gasteiger partial charge in [-0.25, -0.2) is 0 Å². The van der Waals surface area contributed by atoms with Crippen LogP contribution in [0.4, 0.5) is 0 Å². The lowest BCUT2D eigenvalue weighted by Gasteiger charge is -2.21. The summed E-state index contributed by atoms with van der Waals surface area (Å²) in [5.74, 6) is 0.811. The Morgan fingerprint density at radius 1 is 1.08 bits per heavy atom. The van der Waals surface area contributed by atoms with E-state index in [1.54, 1.807) is 0 Å². The quantitative estimate of drug-likeness (QED) is 0.596. The summed E-state index contributed by atoms with van der Waals surface area (Å²) in [4.78, 5) is 11.9. The lowest BCUT2D eigenvalue weighted by molar-refractivity contribution is 0.111. The Labute approximate surface area is 149 Å². The summed E-state index contributed by atoms with van der Waals surface area (Å²) in [6.07, 6.45) is 2.88. The number of aldehydes is 1. The number of carbonyl (C=O) groups excluding carboxylic acids is 1. The third-order valence-electron chi connectivity index (χ3n) is 4.52. The molecule has 0 bridgehead atoms. The first-order valence-electron chi connectivity index (χ1n) is 8.69. The standard InChI is InChI=1S/C22H25NO2/c1-6-25-21-8-7-16(22(3,4)5)12-19(21)18-13-17-11-15(2)9-10-23(17)20(18)14-24/h7-14H,6H2,1-5H3. The molecule has 0 radical (unpaired) electrons. The Kier molecular flexibility index (Phi) is 4.42. The molecule has 3 heteroatoms. The fourth-order valence-electron chi connectivity index (χ4n) is 3.14. The van der Waals surface area contributed by atoms with E-state index in [4.69, 9.17) is 4.74 Å². The number of hydrogen-bond donors (Lipinski definition) is 0. The van der Waals surface area contributed by atoms with Crippen molar-refractivity contribution in [1.82, 2.24) is 4.40 Å². The second kappa shape index (κ2) is 6.40. The van der Waals surface area contributed by atoms with E-state index in [2.05, 4.69) is 52.0 Å². The van der Waals surface area contributed by atoms with Crippen molar-refractivity contribution >= 4 is 11.8 Å². The van der Waals surface area contributed by atoms with E-state index >= 15 is 0 Å². The van der Waals surface area contributed by atoms with Crippen LogP contribution in [0.15, 0.2) is 42.6 Å². The average Bonchev–Trinajstić information content (AvgIpc) is 2.91. The third kappa shape index (κ3) is 3.19. The van der Waals surface area contributed by atoms with Gasteiger partial charge in [-0.05, 0) is 60.7 Å². The summed E-state index contributed by atoms with van der Waals surface area (Å²) in [6.45, 7) is 11.2. The summed E-state index contributed by atoms with van der Waals surface area (Å²) < 4.78 is 7.79. The molecule has 0 aliphatic rings. The zero-order chi connectivity index (χ0) is 18.2. The predicted octanol–water partition coefficient (Wildman–Crippen LogP) is 5.42. The summed E-state index contributed by atoms with van der Waals surface area (Å²) in [5, 5.41) is 0. The number of rotatable bonds is 4. The van der Waals surface area contributed by atoms with Crippen LogP contribution in [0.25, 0.3) is 16.6 Å². The van der Waals surface area contributed by atoms with Crippen LogP contribution in [0.1, 0.15) is 49.3 Å². The van der Waals surface area contributed by atoms with Gasteiger partial charge in [-0.1, -0.05) is 26.8 Å². The summed E-state index contributed by atoms with van der Waals surface area (Å²) in [5.41, 5.74) is 5.96. The monoisotopic (exact) mass is 335 g/mol. The van der Waals surface area contributed by atoms with E-state index in [1.165, 1.54) is 11.1 Å². The third-order valence-corrected chi connectivity index (χ3v) is 4.52. The lowest BCUT2D eigenvalue weighted by atomic mass is 9.85. The van der Waals surface area contributed by atoms with Crippen molar-refractivity contribution < 1.29 is 9.53 Å². The fourth-order valence-corrected chi connectivity index (χ4v) is 3.14. The Morgan fingerprint density at radius 3 is 2.48 bits per heavy atom. The fraction of sp³-hybridized carbons (Fsp3) is 0.318. The van der Waals surface area contributed by atoms with Crippen molar-refractivity contribution in [2.75, 3.05) is 6.61 Å². The van der Waals surface area contributed by atoms with Gasteiger partial charge in [-0.2, -0.15) is 0 Å². The molecule has 0 saturated carbocycles. The van der Waals surface area contributed by atoms with Crippen molar-refractivity contribution in [3.05, 3.63) is 59.4 Å². The van der Waals surface area contributed by atoms with Gasteiger partial charge in [0.15, 0.2) is 6.29 Å². The van der Waals surface area contributed by atoms with Gasteiger partial charge in [0.05, 0.1) is 12.3 Å². The molecule has 0 aliphatic heterocycles. The smallest absolute Gasteiger partial charge is 0.167 e. The maximum atomic E-state index is 11.9. The van der Waals surface area contributed by atoms with Gasteiger partial charge in [0.2, 0.25) is 0 Å². The molecular formula is C22H25NO2. The minimum absolute atomic E-state index is 0.0244. The van der Waals surface area contributed by atoms with Crippen molar-refractivity contribution in [2.45, 2.75) is 40.0 Å². The molecule has 2 aromatic heterocycles. The maximum absolute atomic E-state index is 11.9. The molecule has 0 fully saturated rings. The zero-order valence-corrected chi connectivity index (χ0v) is 15.6. The van der Waals surface area contributed by atoms with Gasteiger partial charge in [0.25, 0.3) is 0 Å². The Morgan fingerprint density at radius 2 is 1.84 bits per heavy atom. The maximum Gasteiger partial charge on any atom is 0.167 e. The minimum atomic E-state index is 0.0244. The highest BCUT2D eigenvalue weighted by Crippen LogP contribution is 2.37. The van der Waals surface area contributed by atoms with Gasteiger partial charge in [0.1, 0.15) is 5.75 Å². The van der Waals surface area contributed by atoms with Crippen LogP contribution >= 0.6 is 0 Å². The largest absolute Gasteiger partial charge is 0.493 e. The minimum Gasteiger partial charge on any atom is -0.493 e. The van der Waals surface area contributed by atoms with Gasteiger partial charge in [-0.15, -0.1) is 0 Å². The number of nitrogens with zero attached hydrogens (tertiary/aromatic N) is 1. The van der Waals surface area contributed by atoms with Gasteiger partial charge < -0.3 is 9.14 Å². The highest BCUT2D eigenvalue weighted by Gasteiger charge is 2.20. The Balaban J connectivity index is 2.30. The van der Waals surface area contributed by atoms with Crippen LogP contribution in [-0.4, -0.2) is 17.3 Å². The summed E-state index contributed by atoms with van der Waals surface area (Å²) in [6, 6.07) is 12.4. The molecule has 3 nitrogen and oxygen atoms in total. The normalized spacial score (nSPS) is 11.7. The molecular weight excluding hydrogens is 310 g/mol. The number of benzene rings is 1. The number of aromatic nitrogens is 1. The Bertz CT molecular complexity index is 929. The lowest BCUT2D eigenvalue weighted by Crippen LogP contribution is -2.11. The summed E-state index contributed by atoms with van der Waals surface area (Å²) in [7, 11) is 0. The van der Waals surface area contributed by atoms with Crippen LogP contribution in [0.5, 0.6) is 5.75 Å². The highest BCUT2D eigenvalue weighted by atomic mass is 16.5. The molecule has 0 spiro atoms. The second-order valence-corrected chi connectivity index (χ2v) is 7.45. The van der Waals surface area contributed by atoms with Crippen LogP contribution in [0.3, 0.4) is 0 Å². The predicted molar refractivity (Wildman–Crippen MR) is 103 cm³/mol. The van der Waals surface area contributed by atoms with E-state index in [-0.39, 0.29) is 5.41 Å². The molecule has 25 heavy (non-hydrogen) atoms. The zero-order valence-electron chi connectivity index (χ0n) is 15.6. The number of fused-ring (bicyclic) bond motifs is 1. The van der Waals surface area contributed by atoms with Gasteiger partial charge in [-0.3, -0.25) is 4.79 Å². The molecule has 3 aromatic rings. The van der Waals surface area contributed by atoms with Crippen molar-refractivity contribution in [1.29, 1.82) is 0 Å². The highest BCUT2D eigenvalue weighted by molar-refractivity contribution is 5.91. The van der Waals surface area contributed by atoms with Crippen molar-refractivity contribution in [3.63, 3.8) is 0 Å². The topological polar surface area (TPSA) is 30.7 Å². The number of aryl methyl sites for hydroxylation is 1. The first-order valence-corrected chi connectivity index (χ1v) is 8.69. The van der Waals surface area contributed by atoms with Gasteiger partial charge in [0, 0.05) is 22.8 Å². The van der Waals surface area contributed by atoms with E-state index in [9.17, 15) is 4.79 Å².